The summed E-state index contributed by atoms with van der Waals surface area (Å²) >= 11 is 1.87. The van der Waals surface area contributed by atoms with Crippen molar-refractivity contribution in [3.8, 4) is 11.3 Å². The van der Waals surface area contributed by atoms with Crippen molar-refractivity contribution in [3.05, 3.63) is 71.4 Å². The predicted octanol–water partition coefficient (Wildman–Crippen LogP) is 5.73. The molecule has 1 amide bonds. The number of carbonyl (C=O) groups is 1. The van der Waals surface area contributed by atoms with E-state index < -0.39 is 6.09 Å². The highest BCUT2D eigenvalue weighted by molar-refractivity contribution is 7.98. The molecule has 26 heavy (non-hydrogen) atoms. The minimum absolute atomic E-state index is 0.386. The summed E-state index contributed by atoms with van der Waals surface area (Å²) in [7, 11) is 0. The van der Waals surface area contributed by atoms with Gasteiger partial charge in [0.1, 0.15) is 11.4 Å². The second kappa shape index (κ2) is 8.10. The van der Waals surface area contributed by atoms with Gasteiger partial charge in [-0.15, -0.1) is 11.8 Å². The average molecular weight is 368 g/mol. The first-order chi connectivity index (χ1) is 12.5. The van der Waals surface area contributed by atoms with Gasteiger partial charge < -0.3 is 9.63 Å². The Bertz CT molecular complexity index is 876. The highest BCUT2D eigenvalue weighted by Gasteiger charge is 2.17. The summed E-state index contributed by atoms with van der Waals surface area (Å²) < 4.78 is 5.30. The molecule has 2 aromatic carbocycles. The number of benzene rings is 2. The molecule has 3 aromatic rings. The molecule has 6 heteroatoms. The monoisotopic (exact) mass is 368 g/mol. The molecule has 1 aromatic heterocycles. The molecule has 0 saturated heterocycles. The third-order valence-electron chi connectivity index (χ3n) is 4.08. The maximum Gasteiger partial charge on any atom is 0.409 e. The van der Waals surface area contributed by atoms with Gasteiger partial charge in [0.15, 0.2) is 5.76 Å². The lowest BCUT2D eigenvalue weighted by Gasteiger charge is -2.11. The number of nitrogens with one attached hydrogen (secondary N) is 1. The fourth-order valence-corrected chi connectivity index (χ4v) is 3.60. The first-order valence-electron chi connectivity index (χ1n) is 8.26. The van der Waals surface area contributed by atoms with Crippen molar-refractivity contribution in [1.82, 2.24) is 5.16 Å². The van der Waals surface area contributed by atoms with Gasteiger partial charge in [-0.05, 0) is 25.0 Å². The minimum atomic E-state index is -1.14. The number of rotatable bonds is 6. The van der Waals surface area contributed by atoms with Crippen LogP contribution in [0, 0.1) is 6.92 Å². The van der Waals surface area contributed by atoms with Crippen LogP contribution in [0.5, 0.6) is 0 Å². The molecule has 1 unspecified atom stereocenters. The highest BCUT2D eigenvalue weighted by Crippen LogP contribution is 2.33. The van der Waals surface area contributed by atoms with E-state index in [4.69, 9.17) is 9.63 Å². The topological polar surface area (TPSA) is 75.4 Å². The molecule has 0 bridgehead atoms. The van der Waals surface area contributed by atoms with Crippen molar-refractivity contribution < 1.29 is 14.4 Å². The van der Waals surface area contributed by atoms with Crippen molar-refractivity contribution in [1.29, 1.82) is 0 Å². The van der Waals surface area contributed by atoms with Gasteiger partial charge >= 0.3 is 6.09 Å². The molecule has 134 valence electrons. The fourth-order valence-electron chi connectivity index (χ4n) is 2.61. The Morgan fingerprint density at radius 1 is 1.19 bits per heavy atom. The number of carboxylic acid groups (broad SMARTS) is 1. The van der Waals surface area contributed by atoms with E-state index in [9.17, 15) is 4.79 Å². The molecular weight excluding hydrogens is 348 g/mol. The Morgan fingerprint density at radius 3 is 2.54 bits per heavy atom. The molecule has 1 atom stereocenters. The van der Waals surface area contributed by atoms with Crippen LogP contribution in [0.25, 0.3) is 11.3 Å². The number of thioether (sulfide) groups is 1. The smallest absolute Gasteiger partial charge is 0.409 e. The largest absolute Gasteiger partial charge is 0.465 e. The lowest BCUT2D eigenvalue weighted by Crippen LogP contribution is -2.08. The fraction of sp³-hybridized carbons (Fsp3) is 0.200. The molecule has 3 rings (SSSR count). The van der Waals surface area contributed by atoms with Crippen molar-refractivity contribution >= 4 is 23.5 Å². The highest BCUT2D eigenvalue weighted by atomic mass is 32.2. The van der Waals surface area contributed by atoms with E-state index in [2.05, 4.69) is 41.7 Å². The predicted molar refractivity (Wildman–Crippen MR) is 104 cm³/mol. The van der Waals surface area contributed by atoms with E-state index in [-0.39, 0.29) is 0 Å². The van der Waals surface area contributed by atoms with Crippen LogP contribution in [-0.4, -0.2) is 16.4 Å². The van der Waals surface area contributed by atoms with Gasteiger partial charge in [0.2, 0.25) is 0 Å². The van der Waals surface area contributed by atoms with E-state index in [1.54, 1.807) is 6.92 Å². The van der Waals surface area contributed by atoms with Crippen molar-refractivity contribution in [2.45, 2.75) is 24.9 Å². The summed E-state index contributed by atoms with van der Waals surface area (Å²) in [5.41, 5.74) is 4.21. The number of hydrogen-bond donors (Lipinski definition) is 2. The first kappa shape index (κ1) is 18.1. The number of aryl methyl sites for hydroxylation is 1. The van der Waals surface area contributed by atoms with Crippen LogP contribution in [0.15, 0.2) is 59.1 Å². The Balaban J connectivity index is 1.68. The number of nitrogens with zero attached hydrogens (tertiary/aromatic N) is 1. The van der Waals surface area contributed by atoms with Gasteiger partial charge in [0, 0.05) is 16.6 Å². The van der Waals surface area contributed by atoms with Crippen LogP contribution in [0.1, 0.15) is 29.0 Å². The van der Waals surface area contributed by atoms with Gasteiger partial charge in [-0.2, -0.15) is 0 Å². The molecular formula is C20H20N2O3S. The second-order valence-electron chi connectivity index (χ2n) is 5.96. The number of aromatic nitrogens is 1. The van der Waals surface area contributed by atoms with Crippen LogP contribution in [0.2, 0.25) is 0 Å². The Morgan fingerprint density at radius 2 is 1.88 bits per heavy atom. The molecule has 0 spiro atoms. The molecule has 5 nitrogen and oxygen atoms in total. The summed E-state index contributed by atoms with van der Waals surface area (Å²) in [6.07, 6.45) is -1.14. The molecule has 0 aliphatic carbocycles. The van der Waals surface area contributed by atoms with Gasteiger partial charge in [0.05, 0.1) is 0 Å². The van der Waals surface area contributed by atoms with Crippen LogP contribution in [0.3, 0.4) is 0 Å². The SMILES string of the molecule is Cc1noc(-c2ccc(CSC(C)c3ccccc3)cc2)c1NC(=O)O. The molecule has 0 saturated carbocycles. The third kappa shape index (κ3) is 4.26. The molecule has 0 aliphatic rings. The van der Waals surface area contributed by atoms with E-state index in [1.807, 2.05) is 42.1 Å². The van der Waals surface area contributed by atoms with Gasteiger partial charge in [-0.3, -0.25) is 5.32 Å². The molecule has 2 N–H and O–H groups in total. The van der Waals surface area contributed by atoms with Gasteiger partial charge in [-0.1, -0.05) is 59.8 Å². The van der Waals surface area contributed by atoms with E-state index in [0.717, 1.165) is 11.3 Å². The summed E-state index contributed by atoms with van der Waals surface area (Å²) in [5, 5.41) is 15.6. The molecule has 0 fully saturated rings. The maximum atomic E-state index is 10.9. The first-order valence-corrected chi connectivity index (χ1v) is 9.31. The molecule has 1 heterocycles. The second-order valence-corrected chi connectivity index (χ2v) is 7.29. The van der Waals surface area contributed by atoms with E-state index in [1.165, 1.54) is 11.1 Å². The zero-order chi connectivity index (χ0) is 18.5. The van der Waals surface area contributed by atoms with Crippen molar-refractivity contribution in [2.24, 2.45) is 0 Å². The Kier molecular flexibility index (Phi) is 5.63. The summed E-state index contributed by atoms with van der Waals surface area (Å²) in [6.45, 7) is 3.91. The quantitative estimate of drug-likeness (QED) is 0.581. The lowest BCUT2D eigenvalue weighted by molar-refractivity contribution is 0.209. The van der Waals surface area contributed by atoms with E-state index >= 15 is 0 Å². The summed E-state index contributed by atoms with van der Waals surface area (Å²) in [6, 6.07) is 18.3. The zero-order valence-corrected chi connectivity index (χ0v) is 15.4. The van der Waals surface area contributed by atoms with Crippen molar-refractivity contribution in [2.75, 3.05) is 5.32 Å². The van der Waals surface area contributed by atoms with E-state index in [0.29, 0.717) is 22.4 Å². The summed E-state index contributed by atoms with van der Waals surface area (Å²) in [5.74, 6) is 1.33. The van der Waals surface area contributed by atoms with Crippen LogP contribution >= 0.6 is 11.8 Å². The van der Waals surface area contributed by atoms with Gasteiger partial charge in [-0.25, -0.2) is 4.79 Å². The van der Waals surface area contributed by atoms with Gasteiger partial charge in [0.25, 0.3) is 0 Å². The lowest BCUT2D eigenvalue weighted by atomic mass is 10.1. The number of hydrogen-bond acceptors (Lipinski definition) is 4. The Hall–Kier alpha value is -2.73. The molecule has 0 radical (unpaired) electrons. The minimum Gasteiger partial charge on any atom is -0.465 e. The van der Waals surface area contributed by atoms with Crippen LogP contribution in [-0.2, 0) is 5.75 Å². The number of amides is 1. The van der Waals surface area contributed by atoms with Crippen molar-refractivity contribution in [3.63, 3.8) is 0 Å². The number of anilines is 1. The molecule has 0 aliphatic heterocycles. The van der Waals surface area contributed by atoms with Crippen LogP contribution in [0.4, 0.5) is 10.5 Å². The maximum absolute atomic E-state index is 10.9. The third-order valence-corrected chi connectivity index (χ3v) is 5.35. The normalized spacial score (nSPS) is 11.9. The average Bonchev–Trinajstić information content (AvgIpc) is 3.01. The Labute approximate surface area is 156 Å². The zero-order valence-electron chi connectivity index (χ0n) is 14.6. The summed E-state index contributed by atoms with van der Waals surface area (Å²) in [4.78, 5) is 10.9. The standard InChI is InChI=1S/C20H20N2O3S/c1-13-18(21-20(23)24)19(25-22-13)17-10-8-15(9-11-17)12-26-14(2)16-6-4-3-5-7-16/h3-11,14,21H,12H2,1-2H3,(H,23,24). The van der Waals surface area contributed by atoms with Crippen LogP contribution < -0.4 is 5.32 Å².